The van der Waals surface area contributed by atoms with E-state index in [1.165, 1.54) is 13.2 Å². The minimum atomic E-state index is -0.470. The lowest BCUT2D eigenvalue weighted by Gasteiger charge is -2.11. The zero-order chi connectivity index (χ0) is 17.7. The molecule has 0 fully saturated rings. The minimum Gasteiger partial charge on any atom is -0.482 e. The third-order valence-corrected chi connectivity index (χ3v) is 3.75. The number of carbonyl (C=O) groups is 2. The van der Waals surface area contributed by atoms with Gasteiger partial charge in [0.05, 0.1) is 17.7 Å². The Morgan fingerprint density at radius 2 is 1.88 bits per heavy atom. The lowest BCUT2D eigenvalue weighted by molar-refractivity contribution is -0.142. The molecule has 0 atom stereocenters. The lowest BCUT2D eigenvalue weighted by Crippen LogP contribution is -2.14. The summed E-state index contributed by atoms with van der Waals surface area (Å²) in [5.41, 5.74) is 1.71. The van der Waals surface area contributed by atoms with Crippen molar-refractivity contribution in [2.24, 2.45) is 0 Å². The van der Waals surface area contributed by atoms with Crippen LogP contribution in [0.2, 0.25) is 10.0 Å². The molecule has 0 aliphatic carbocycles. The summed E-state index contributed by atoms with van der Waals surface area (Å²) in [5, 5.41) is 3.51. The van der Waals surface area contributed by atoms with Crippen molar-refractivity contribution in [2.75, 3.05) is 19.0 Å². The molecule has 0 aromatic heterocycles. The molecule has 1 amide bonds. The number of aryl methyl sites for hydroxylation is 1. The highest BCUT2D eigenvalue weighted by Gasteiger charge is 2.12. The van der Waals surface area contributed by atoms with Gasteiger partial charge in [0, 0.05) is 10.7 Å². The molecule has 5 nitrogen and oxygen atoms in total. The lowest BCUT2D eigenvalue weighted by atomic mass is 10.1. The molecule has 2 aromatic rings. The SMILES string of the molecule is COC(=O)COc1ccc(NC(=O)c2ccc(Cl)cc2Cl)c(C)c1. The third-order valence-electron chi connectivity index (χ3n) is 3.21. The standard InChI is InChI=1S/C17H15Cl2NO4/c1-10-7-12(24-9-16(21)23-2)4-6-15(10)20-17(22)13-5-3-11(18)8-14(13)19/h3-8H,9H2,1-2H3,(H,20,22). The van der Waals surface area contributed by atoms with Gasteiger partial charge in [-0.3, -0.25) is 4.79 Å². The third kappa shape index (κ3) is 4.63. The van der Waals surface area contributed by atoms with Crippen LogP contribution < -0.4 is 10.1 Å². The van der Waals surface area contributed by atoms with Crippen LogP contribution in [0, 0.1) is 6.92 Å². The van der Waals surface area contributed by atoms with E-state index in [2.05, 4.69) is 10.1 Å². The maximum Gasteiger partial charge on any atom is 0.343 e. The number of amides is 1. The van der Waals surface area contributed by atoms with Crippen LogP contribution in [0.25, 0.3) is 0 Å². The summed E-state index contributed by atoms with van der Waals surface area (Å²) in [4.78, 5) is 23.4. The monoisotopic (exact) mass is 367 g/mol. The second kappa shape index (κ2) is 8.04. The van der Waals surface area contributed by atoms with Crippen LogP contribution in [-0.2, 0) is 9.53 Å². The molecule has 7 heteroatoms. The number of halogens is 2. The second-order valence-corrected chi connectivity index (χ2v) is 5.76. The molecule has 24 heavy (non-hydrogen) atoms. The molecule has 1 N–H and O–H groups in total. The van der Waals surface area contributed by atoms with E-state index in [9.17, 15) is 9.59 Å². The smallest absolute Gasteiger partial charge is 0.343 e. The van der Waals surface area contributed by atoms with Crippen molar-refractivity contribution in [1.29, 1.82) is 0 Å². The number of rotatable bonds is 5. The van der Waals surface area contributed by atoms with E-state index < -0.39 is 5.97 Å². The van der Waals surface area contributed by atoms with Crippen LogP contribution in [0.5, 0.6) is 5.75 Å². The highest BCUT2D eigenvalue weighted by atomic mass is 35.5. The molecule has 0 spiro atoms. The van der Waals surface area contributed by atoms with Crippen LogP contribution >= 0.6 is 23.2 Å². The molecule has 0 radical (unpaired) electrons. The Kier molecular flexibility index (Phi) is 6.06. The number of hydrogen-bond donors (Lipinski definition) is 1. The molecule has 0 heterocycles. The number of anilines is 1. The largest absolute Gasteiger partial charge is 0.482 e. The summed E-state index contributed by atoms with van der Waals surface area (Å²) >= 11 is 11.9. The predicted octanol–water partition coefficient (Wildman–Crippen LogP) is 4.11. The minimum absolute atomic E-state index is 0.179. The van der Waals surface area contributed by atoms with E-state index in [1.807, 2.05) is 6.92 Å². The summed E-state index contributed by atoms with van der Waals surface area (Å²) in [6.45, 7) is 1.63. The van der Waals surface area contributed by atoms with E-state index in [0.717, 1.165) is 5.56 Å². The van der Waals surface area contributed by atoms with Gasteiger partial charge in [-0.05, 0) is 48.9 Å². The van der Waals surface area contributed by atoms with E-state index in [-0.39, 0.29) is 17.5 Å². The average Bonchev–Trinajstić information content (AvgIpc) is 2.54. The number of carbonyl (C=O) groups excluding carboxylic acids is 2. The van der Waals surface area contributed by atoms with Gasteiger partial charge in [-0.2, -0.15) is 0 Å². The molecule has 126 valence electrons. The van der Waals surface area contributed by atoms with Crippen molar-refractivity contribution in [1.82, 2.24) is 0 Å². The Morgan fingerprint density at radius 3 is 2.50 bits per heavy atom. The topological polar surface area (TPSA) is 64.6 Å². The van der Waals surface area contributed by atoms with E-state index in [4.69, 9.17) is 27.9 Å². The zero-order valence-electron chi connectivity index (χ0n) is 13.1. The normalized spacial score (nSPS) is 10.2. The Hall–Kier alpha value is -2.24. The number of methoxy groups -OCH3 is 1. The first kappa shape index (κ1) is 18.1. The molecule has 0 bridgehead atoms. The van der Waals surface area contributed by atoms with Gasteiger partial charge in [0.2, 0.25) is 0 Å². The van der Waals surface area contributed by atoms with Gasteiger partial charge < -0.3 is 14.8 Å². The zero-order valence-corrected chi connectivity index (χ0v) is 14.6. The van der Waals surface area contributed by atoms with Crippen molar-refractivity contribution in [3.63, 3.8) is 0 Å². The predicted molar refractivity (Wildman–Crippen MR) is 93.1 cm³/mol. The maximum absolute atomic E-state index is 12.3. The van der Waals surface area contributed by atoms with Gasteiger partial charge >= 0.3 is 5.97 Å². The van der Waals surface area contributed by atoms with E-state index in [1.54, 1.807) is 30.3 Å². The van der Waals surface area contributed by atoms with Crippen LogP contribution in [0.4, 0.5) is 5.69 Å². The molecule has 0 aliphatic heterocycles. The first-order valence-electron chi connectivity index (χ1n) is 6.97. The van der Waals surface area contributed by atoms with Crippen LogP contribution in [-0.4, -0.2) is 25.6 Å². The molecule has 2 aromatic carbocycles. The van der Waals surface area contributed by atoms with Crippen LogP contribution in [0.1, 0.15) is 15.9 Å². The highest BCUT2D eigenvalue weighted by molar-refractivity contribution is 6.37. The van der Waals surface area contributed by atoms with Crippen molar-refractivity contribution >= 4 is 40.8 Å². The van der Waals surface area contributed by atoms with Gasteiger partial charge in [-0.15, -0.1) is 0 Å². The van der Waals surface area contributed by atoms with Gasteiger partial charge in [0.15, 0.2) is 6.61 Å². The second-order valence-electron chi connectivity index (χ2n) is 4.92. The molecule has 0 saturated heterocycles. The highest BCUT2D eigenvalue weighted by Crippen LogP contribution is 2.25. The van der Waals surface area contributed by atoms with Crippen molar-refractivity contribution in [2.45, 2.75) is 6.92 Å². The molecule has 0 saturated carbocycles. The Morgan fingerprint density at radius 1 is 1.12 bits per heavy atom. The summed E-state index contributed by atoms with van der Waals surface area (Å²) in [6, 6.07) is 9.71. The van der Waals surface area contributed by atoms with Gasteiger partial charge in [-0.25, -0.2) is 4.79 Å². The molecule has 0 aliphatic rings. The number of esters is 1. The average molecular weight is 368 g/mol. The number of benzene rings is 2. The fourth-order valence-electron chi connectivity index (χ4n) is 1.93. The van der Waals surface area contributed by atoms with E-state index >= 15 is 0 Å². The molecular formula is C17H15Cl2NO4. The van der Waals surface area contributed by atoms with Crippen molar-refractivity contribution < 1.29 is 19.1 Å². The quantitative estimate of drug-likeness (QED) is 0.807. The van der Waals surface area contributed by atoms with Gasteiger partial charge in [-0.1, -0.05) is 23.2 Å². The Bertz CT molecular complexity index is 777. The number of nitrogens with one attached hydrogen (secondary N) is 1. The first-order chi connectivity index (χ1) is 11.4. The van der Waals surface area contributed by atoms with E-state index in [0.29, 0.717) is 22.0 Å². The molecule has 0 unspecified atom stereocenters. The number of hydrogen-bond acceptors (Lipinski definition) is 4. The van der Waals surface area contributed by atoms with Crippen LogP contribution in [0.3, 0.4) is 0 Å². The Labute approximate surface area is 149 Å². The first-order valence-corrected chi connectivity index (χ1v) is 7.73. The maximum atomic E-state index is 12.3. The summed E-state index contributed by atoms with van der Waals surface area (Å²) in [6.07, 6.45) is 0. The molecular weight excluding hydrogens is 353 g/mol. The summed E-state index contributed by atoms with van der Waals surface area (Å²) in [5.74, 6) is -0.314. The number of ether oxygens (including phenoxy) is 2. The summed E-state index contributed by atoms with van der Waals surface area (Å²) in [7, 11) is 1.29. The van der Waals surface area contributed by atoms with Crippen molar-refractivity contribution in [3.05, 3.63) is 57.6 Å². The Balaban J connectivity index is 2.09. The van der Waals surface area contributed by atoms with Crippen LogP contribution in [0.15, 0.2) is 36.4 Å². The fourth-order valence-corrected chi connectivity index (χ4v) is 2.42. The van der Waals surface area contributed by atoms with Gasteiger partial charge in [0.25, 0.3) is 5.91 Å². The fraction of sp³-hybridized carbons (Fsp3) is 0.176. The molecule has 2 rings (SSSR count). The van der Waals surface area contributed by atoms with Crippen molar-refractivity contribution in [3.8, 4) is 5.75 Å². The summed E-state index contributed by atoms with van der Waals surface area (Å²) < 4.78 is 9.80. The van der Waals surface area contributed by atoms with Gasteiger partial charge in [0.1, 0.15) is 5.75 Å².